The fraction of sp³-hybridized carbons (Fsp3) is 0.833. The van der Waals surface area contributed by atoms with Gasteiger partial charge in [0.25, 0.3) is 0 Å². The minimum atomic E-state index is -0.594. The molecule has 3 atom stereocenters. The lowest BCUT2D eigenvalue weighted by Gasteiger charge is -2.61. The monoisotopic (exact) mass is 404 g/mol. The highest BCUT2D eigenvalue weighted by atomic mass is 16.6. The van der Waals surface area contributed by atoms with E-state index in [9.17, 15) is 9.59 Å². The van der Waals surface area contributed by atoms with Crippen molar-refractivity contribution in [2.45, 2.75) is 114 Å². The fourth-order valence-electron chi connectivity index (χ4n) is 7.05. The van der Waals surface area contributed by atoms with E-state index in [4.69, 9.17) is 14.2 Å². The Morgan fingerprint density at radius 3 is 2.24 bits per heavy atom. The Hall–Kier alpha value is -1.36. The van der Waals surface area contributed by atoms with E-state index >= 15 is 0 Å². The highest BCUT2D eigenvalue weighted by Crippen LogP contribution is 2.60. The number of hydrogen-bond donors (Lipinski definition) is 0. The van der Waals surface area contributed by atoms with Crippen LogP contribution in [0.2, 0.25) is 0 Å². The van der Waals surface area contributed by atoms with E-state index in [1.165, 1.54) is 18.9 Å². The van der Waals surface area contributed by atoms with E-state index < -0.39 is 11.7 Å². The molecule has 5 fully saturated rings. The van der Waals surface area contributed by atoms with Crippen LogP contribution in [0.1, 0.15) is 90.9 Å². The van der Waals surface area contributed by atoms with Crippen molar-refractivity contribution >= 4 is 11.9 Å². The van der Waals surface area contributed by atoms with E-state index in [0.29, 0.717) is 18.3 Å². The van der Waals surface area contributed by atoms with Crippen molar-refractivity contribution in [1.29, 1.82) is 0 Å². The molecule has 5 aliphatic carbocycles. The highest BCUT2D eigenvalue weighted by Gasteiger charge is 2.61. The standard InChI is InChI=1S/C24H36O5/c1-4-20(25)28-24-14-18-11-19(15-24)13-23(12-18,16-24)27-17(3)21(26)29-22(5-2)9-7-6-8-10-22/h4,17-19H,1,5-16H2,2-3H3. The van der Waals surface area contributed by atoms with Crippen molar-refractivity contribution in [2.75, 3.05) is 0 Å². The molecule has 0 heterocycles. The van der Waals surface area contributed by atoms with Crippen LogP contribution in [0.25, 0.3) is 0 Å². The first-order chi connectivity index (χ1) is 13.8. The van der Waals surface area contributed by atoms with Crippen LogP contribution < -0.4 is 0 Å². The van der Waals surface area contributed by atoms with Crippen LogP contribution in [0, 0.1) is 11.8 Å². The molecule has 0 aromatic carbocycles. The van der Waals surface area contributed by atoms with E-state index in [2.05, 4.69) is 13.5 Å². The second-order valence-electron chi connectivity index (χ2n) is 10.2. The third-order valence-electron chi connectivity index (χ3n) is 7.92. The normalized spacial score (nSPS) is 38.3. The zero-order valence-corrected chi connectivity index (χ0v) is 18.0. The molecule has 0 spiro atoms. The van der Waals surface area contributed by atoms with Crippen LogP contribution in [0.3, 0.4) is 0 Å². The maximum absolute atomic E-state index is 13.0. The molecule has 4 bridgehead atoms. The van der Waals surface area contributed by atoms with Crippen molar-refractivity contribution in [3.8, 4) is 0 Å². The summed E-state index contributed by atoms with van der Waals surface area (Å²) in [4.78, 5) is 24.9. The molecule has 5 saturated carbocycles. The van der Waals surface area contributed by atoms with Crippen LogP contribution >= 0.6 is 0 Å². The first-order valence-electron chi connectivity index (χ1n) is 11.6. The molecule has 5 heteroatoms. The van der Waals surface area contributed by atoms with Gasteiger partial charge in [-0.25, -0.2) is 9.59 Å². The zero-order chi connectivity index (χ0) is 20.7. The van der Waals surface area contributed by atoms with Crippen LogP contribution in [-0.2, 0) is 23.8 Å². The number of carbonyl (C=O) groups is 2. The average Bonchev–Trinajstić information content (AvgIpc) is 2.66. The SMILES string of the molecule is C=CC(=O)OC12CC3CC(C1)CC(OC(C)C(=O)OC1(CC)CCCCC1)(C3)C2. The Morgan fingerprint density at radius 2 is 1.66 bits per heavy atom. The van der Waals surface area contributed by atoms with Crippen molar-refractivity contribution in [3.63, 3.8) is 0 Å². The van der Waals surface area contributed by atoms with Gasteiger partial charge < -0.3 is 14.2 Å². The smallest absolute Gasteiger partial charge is 0.335 e. The molecule has 5 rings (SSSR count). The van der Waals surface area contributed by atoms with Crippen molar-refractivity contribution in [1.82, 2.24) is 0 Å². The lowest BCUT2D eigenvalue weighted by Crippen LogP contribution is -2.62. The van der Waals surface area contributed by atoms with Crippen molar-refractivity contribution in [3.05, 3.63) is 12.7 Å². The minimum Gasteiger partial charge on any atom is -0.457 e. The summed E-state index contributed by atoms with van der Waals surface area (Å²) < 4.78 is 18.4. The maximum Gasteiger partial charge on any atom is 0.335 e. The fourth-order valence-corrected chi connectivity index (χ4v) is 7.05. The zero-order valence-electron chi connectivity index (χ0n) is 18.0. The summed E-state index contributed by atoms with van der Waals surface area (Å²) in [6.07, 6.45) is 12.5. The van der Waals surface area contributed by atoms with Gasteiger partial charge in [0.2, 0.25) is 0 Å². The molecule has 0 radical (unpaired) electrons. The summed E-state index contributed by atoms with van der Waals surface area (Å²) >= 11 is 0. The highest BCUT2D eigenvalue weighted by molar-refractivity contribution is 5.81. The van der Waals surface area contributed by atoms with E-state index in [1.54, 1.807) is 0 Å². The molecule has 0 aromatic heterocycles. The van der Waals surface area contributed by atoms with Gasteiger partial charge in [0.1, 0.15) is 11.2 Å². The maximum atomic E-state index is 13.0. The lowest BCUT2D eigenvalue weighted by molar-refractivity contribution is -0.247. The van der Waals surface area contributed by atoms with Gasteiger partial charge in [-0.2, -0.15) is 0 Å². The Balaban J connectivity index is 1.44. The number of carbonyl (C=O) groups excluding carboxylic acids is 2. The number of hydrogen-bond acceptors (Lipinski definition) is 5. The van der Waals surface area contributed by atoms with E-state index in [0.717, 1.165) is 57.8 Å². The Bertz CT molecular complexity index is 648. The molecular formula is C24H36O5. The molecule has 0 amide bonds. The molecule has 162 valence electrons. The molecular weight excluding hydrogens is 368 g/mol. The number of esters is 2. The summed E-state index contributed by atoms with van der Waals surface area (Å²) in [5.74, 6) is 0.410. The first kappa shape index (κ1) is 20.9. The third-order valence-corrected chi connectivity index (χ3v) is 7.92. The van der Waals surface area contributed by atoms with Gasteiger partial charge in [-0.15, -0.1) is 0 Å². The second kappa shape index (κ2) is 7.72. The Morgan fingerprint density at radius 1 is 1.03 bits per heavy atom. The van der Waals surface area contributed by atoms with Crippen molar-refractivity contribution < 1.29 is 23.8 Å². The predicted octanol–water partition coefficient (Wildman–Crippen LogP) is 4.87. The first-order valence-corrected chi connectivity index (χ1v) is 11.6. The molecule has 5 aliphatic rings. The second-order valence-corrected chi connectivity index (χ2v) is 10.2. The summed E-state index contributed by atoms with van der Waals surface area (Å²) in [7, 11) is 0. The molecule has 0 aromatic rings. The lowest BCUT2D eigenvalue weighted by atomic mass is 9.52. The number of rotatable bonds is 7. The largest absolute Gasteiger partial charge is 0.457 e. The molecule has 3 unspecified atom stereocenters. The third kappa shape index (κ3) is 4.12. The van der Waals surface area contributed by atoms with Crippen LogP contribution in [-0.4, -0.2) is 34.8 Å². The van der Waals surface area contributed by atoms with Crippen LogP contribution in [0.15, 0.2) is 12.7 Å². The van der Waals surface area contributed by atoms with Gasteiger partial charge in [-0.3, -0.25) is 0 Å². The quantitative estimate of drug-likeness (QED) is 0.447. The minimum absolute atomic E-state index is 0.235. The van der Waals surface area contributed by atoms with Gasteiger partial charge in [-0.05, 0) is 83.0 Å². The average molecular weight is 405 g/mol. The Kier molecular flexibility index (Phi) is 5.56. The van der Waals surface area contributed by atoms with E-state index in [1.807, 2.05) is 6.92 Å². The summed E-state index contributed by atoms with van der Waals surface area (Å²) in [5, 5.41) is 0. The summed E-state index contributed by atoms with van der Waals surface area (Å²) in [6, 6.07) is 0. The van der Waals surface area contributed by atoms with Crippen molar-refractivity contribution in [2.24, 2.45) is 11.8 Å². The predicted molar refractivity (Wildman–Crippen MR) is 109 cm³/mol. The topological polar surface area (TPSA) is 61.8 Å². The van der Waals surface area contributed by atoms with Gasteiger partial charge in [0, 0.05) is 12.5 Å². The van der Waals surface area contributed by atoms with Gasteiger partial charge in [0.15, 0.2) is 6.10 Å². The van der Waals surface area contributed by atoms with E-state index in [-0.39, 0.29) is 23.1 Å². The van der Waals surface area contributed by atoms with Gasteiger partial charge in [-0.1, -0.05) is 19.9 Å². The van der Waals surface area contributed by atoms with Gasteiger partial charge >= 0.3 is 11.9 Å². The van der Waals surface area contributed by atoms with Gasteiger partial charge in [0.05, 0.1) is 5.60 Å². The van der Waals surface area contributed by atoms with Crippen LogP contribution in [0.5, 0.6) is 0 Å². The Labute approximate surface area is 174 Å². The molecule has 29 heavy (non-hydrogen) atoms. The molecule has 5 nitrogen and oxygen atoms in total. The molecule has 0 saturated heterocycles. The molecule has 0 N–H and O–H groups in total. The molecule has 0 aliphatic heterocycles. The summed E-state index contributed by atoms with van der Waals surface area (Å²) in [5.41, 5.74) is -1.14. The number of ether oxygens (including phenoxy) is 3. The summed E-state index contributed by atoms with van der Waals surface area (Å²) in [6.45, 7) is 7.49. The van der Waals surface area contributed by atoms with Crippen LogP contribution in [0.4, 0.5) is 0 Å².